The van der Waals surface area contributed by atoms with E-state index in [1.165, 1.54) is 4.90 Å². The van der Waals surface area contributed by atoms with E-state index >= 15 is 0 Å². The molecule has 2 aromatic heterocycles. The highest BCUT2D eigenvalue weighted by Crippen LogP contribution is 2.23. The maximum atomic E-state index is 11.9. The second-order valence-electron chi connectivity index (χ2n) is 4.37. The van der Waals surface area contributed by atoms with Gasteiger partial charge in [0.15, 0.2) is 5.65 Å². The van der Waals surface area contributed by atoms with Gasteiger partial charge in [-0.25, -0.2) is 4.52 Å². The number of hydrogen-bond acceptors (Lipinski definition) is 4. The van der Waals surface area contributed by atoms with Gasteiger partial charge < -0.3 is 5.73 Å². The number of rotatable bonds is 2. The Balaban J connectivity index is 1.96. The molecule has 0 aromatic carbocycles. The number of nitrogens with two attached hydrogens (primary N) is 1. The second-order valence-corrected chi connectivity index (χ2v) is 5.28. The first-order valence-corrected chi connectivity index (χ1v) is 6.45. The van der Waals surface area contributed by atoms with Gasteiger partial charge in [0.25, 0.3) is 5.95 Å². The lowest BCUT2D eigenvalue weighted by molar-refractivity contribution is -0.123. The Kier molecular flexibility index (Phi) is 2.74. The highest BCUT2D eigenvalue weighted by atomic mass is 79.9. The molecule has 1 aliphatic heterocycles. The van der Waals surface area contributed by atoms with Crippen molar-refractivity contribution in [3.05, 3.63) is 22.8 Å². The Morgan fingerprint density at radius 2 is 2.32 bits per heavy atom. The molecule has 2 aromatic rings. The molecule has 2 N–H and O–H groups in total. The summed E-state index contributed by atoms with van der Waals surface area (Å²) in [4.78, 5) is 28.7. The number of fused-ring (bicyclic) bond motifs is 1. The monoisotopic (exact) mass is 323 g/mol. The average Bonchev–Trinajstić information content (AvgIpc) is 2.91. The van der Waals surface area contributed by atoms with E-state index < -0.39 is 11.8 Å². The molecule has 1 saturated heterocycles. The maximum absolute atomic E-state index is 11.9. The standard InChI is InChI=1S/C11H10BrN5O2/c12-7-1-2-17-8(4-7)14-11(15-17)16-5-6(10(13)19)3-9(16)18/h1-2,4,6H,3,5H2,(H2,13,19). The van der Waals surface area contributed by atoms with Crippen LogP contribution >= 0.6 is 15.9 Å². The smallest absolute Gasteiger partial charge is 0.252 e. The molecule has 8 heteroatoms. The summed E-state index contributed by atoms with van der Waals surface area (Å²) in [5.41, 5.74) is 5.85. The van der Waals surface area contributed by atoms with Gasteiger partial charge in [-0.3, -0.25) is 14.5 Å². The summed E-state index contributed by atoms with van der Waals surface area (Å²) in [6.45, 7) is 0.242. The molecule has 3 heterocycles. The van der Waals surface area contributed by atoms with Crippen LogP contribution in [-0.2, 0) is 9.59 Å². The van der Waals surface area contributed by atoms with Crippen LogP contribution in [0.2, 0.25) is 0 Å². The van der Waals surface area contributed by atoms with Gasteiger partial charge in [0, 0.05) is 23.6 Å². The van der Waals surface area contributed by atoms with Crippen molar-refractivity contribution in [2.24, 2.45) is 11.7 Å². The van der Waals surface area contributed by atoms with E-state index in [1.807, 2.05) is 6.07 Å². The largest absolute Gasteiger partial charge is 0.369 e. The highest BCUT2D eigenvalue weighted by molar-refractivity contribution is 9.10. The predicted molar refractivity (Wildman–Crippen MR) is 70.3 cm³/mol. The summed E-state index contributed by atoms with van der Waals surface area (Å²) in [6, 6.07) is 3.62. The van der Waals surface area contributed by atoms with Crippen molar-refractivity contribution in [3.63, 3.8) is 0 Å². The average molecular weight is 324 g/mol. The number of carbonyl (C=O) groups excluding carboxylic acids is 2. The molecule has 1 fully saturated rings. The van der Waals surface area contributed by atoms with Crippen molar-refractivity contribution in [2.45, 2.75) is 6.42 Å². The SMILES string of the molecule is NC(=O)C1CC(=O)N(c2nc3cc(Br)ccn3n2)C1. The highest BCUT2D eigenvalue weighted by Gasteiger charge is 2.35. The topological polar surface area (TPSA) is 93.6 Å². The molecule has 0 saturated carbocycles. The zero-order valence-electron chi connectivity index (χ0n) is 9.78. The summed E-state index contributed by atoms with van der Waals surface area (Å²) in [6.07, 6.45) is 1.86. The minimum Gasteiger partial charge on any atom is -0.369 e. The first kappa shape index (κ1) is 12.1. The third-order valence-corrected chi connectivity index (χ3v) is 3.55. The van der Waals surface area contributed by atoms with Crippen LogP contribution in [-0.4, -0.2) is 33.0 Å². The molecule has 98 valence electrons. The van der Waals surface area contributed by atoms with E-state index in [0.717, 1.165) is 4.47 Å². The van der Waals surface area contributed by atoms with E-state index in [-0.39, 0.29) is 18.9 Å². The van der Waals surface area contributed by atoms with Gasteiger partial charge >= 0.3 is 0 Å². The van der Waals surface area contributed by atoms with Crippen LogP contribution in [0.1, 0.15) is 6.42 Å². The minimum atomic E-state index is -0.470. The van der Waals surface area contributed by atoms with Gasteiger partial charge in [0.2, 0.25) is 11.8 Å². The second kappa shape index (κ2) is 4.30. The minimum absolute atomic E-state index is 0.120. The van der Waals surface area contributed by atoms with Crippen LogP contribution < -0.4 is 10.6 Å². The fourth-order valence-corrected chi connectivity index (χ4v) is 2.37. The summed E-state index contributed by atoms with van der Waals surface area (Å²) >= 11 is 3.34. The molecule has 7 nitrogen and oxygen atoms in total. The molecular formula is C11H10BrN5O2. The Bertz CT molecular complexity index is 683. The van der Waals surface area contributed by atoms with Crippen molar-refractivity contribution in [2.75, 3.05) is 11.4 Å². The number of nitrogens with zero attached hydrogens (tertiary/aromatic N) is 4. The number of halogens is 1. The summed E-state index contributed by atoms with van der Waals surface area (Å²) in [5.74, 6) is -0.821. The first-order valence-electron chi connectivity index (χ1n) is 5.66. The lowest BCUT2D eigenvalue weighted by atomic mass is 10.1. The number of aromatic nitrogens is 3. The molecule has 1 unspecified atom stereocenters. The van der Waals surface area contributed by atoms with Gasteiger partial charge in [-0.05, 0) is 12.1 Å². The molecule has 1 atom stereocenters. The Labute approximate surface area is 116 Å². The molecule has 0 spiro atoms. The van der Waals surface area contributed by atoms with Crippen LogP contribution in [0.4, 0.5) is 5.95 Å². The molecule has 0 bridgehead atoms. The van der Waals surface area contributed by atoms with Crippen molar-refractivity contribution >= 4 is 39.3 Å². The number of amides is 2. The van der Waals surface area contributed by atoms with E-state index in [9.17, 15) is 9.59 Å². The first-order chi connectivity index (χ1) is 9.04. The summed E-state index contributed by atoms with van der Waals surface area (Å²) in [5, 5.41) is 4.22. The molecule has 1 aliphatic rings. The Hall–Kier alpha value is -1.96. The molecule has 0 radical (unpaired) electrons. The Morgan fingerprint density at radius 3 is 3.00 bits per heavy atom. The third-order valence-electron chi connectivity index (χ3n) is 3.06. The Morgan fingerprint density at radius 1 is 1.53 bits per heavy atom. The lowest BCUT2D eigenvalue weighted by Gasteiger charge is -2.10. The summed E-state index contributed by atoms with van der Waals surface area (Å²) < 4.78 is 2.45. The summed E-state index contributed by atoms with van der Waals surface area (Å²) in [7, 11) is 0. The molecule has 3 rings (SSSR count). The number of primary amides is 1. The van der Waals surface area contributed by atoms with E-state index in [2.05, 4.69) is 26.0 Å². The van der Waals surface area contributed by atoms with Crippen LogP contribution in [0.3, 0.4) is 0 Å². The fourth-order valence-electron chi connectivity index (χ4n) is 2.05. The number of hydrogen-bond donors (Lipinski definition) is 1. The maximum Gasteiger partial charge on any atom is 0.252 e. The number of pyridine rings is 1. The van der Waals surface area contributed by atoms with Crippen LogP contribution in [0.15, 0.2) is 22.8 Å². The van der Waals surface area contributed by atoms with Crippen LogP contribution in [0.25, 0.3) is 5.65 Å². The van der Waals surface area contributed by atoms with E-state index in [0.29, 0.717) is 11.6 Å². The van der Waals surface area contributed by atoms with E-state index in [4.69, 9.17) is 5.73 Å². The fraction of sp³-hybridized carbons (Fsp3) is 0.273. The molecule has 0 aliphatic carbocycles. The van der Waals surface area contributed by atoms with Gasteiger partial charge in [0.1, 0.15) is 0 Å². The zero-order valence-corrected chi connectivity index (χ0v) is 11.4. The molecular weight excluding hydrogens is 314 g/mol. The number of anilines is 1. The van der Waals surface area contributed by atoms with Crippen molar-refractivity contribution < 1.29 is 9.59 Å². The van der Waals surface area contributed by atoms with Crippen molar-refractivity contribution in [1.29, 1.82) is 0 Å². The van der Waals surface area contributed by atoms with Gasteiger partial charge in [-0.2, -0.15) is 4.98 Å². The van der Waals surface area contributed by atoms with E-state index in [1.54, 1.807) is 16.8 Å². The van der Waals surface area contributed by atoms with Crippen molar-refractivity contribution in [1.82, 2.24) is 14.6 Å². The predicted octanol–water partition coefficient (Wildman–Crippen LogP) is 0.330. The lowest BCUT2D eigenvalue weighted by Crippen LogP contribution is -2.29. The number of carbonyl (C=O) groups is 2. The zero-order chi connectivity index (χ0) is 13.6. The quantitative estimate of drug-likeness (QED) is 0.861. The van der Waals surface area contributed by atoms with Crippen LogP contribution in [0, 0.1) is 5.92 Å². The van der Waals surface area contributed by atoms with Crippen molar-refractivity contribution in [3.8, 4) is 0 Å². The molecule has 19 heavy (non-hydrogen) atoms. The normalized spacial score (nSPS) is 19.3. The molecule has 2 amide bonds. The van der Waals surface area contributed by atoms with Gasteiger partial charge in [-0.15, -0.1) is 5.10 Å². The van der Waals surface area contributed by atoms with Gasteiger partial charge in [0.05, 0.1) is 5.92 Å². The van der Waals surface area contributed by atoms with Gasteiger partial charge in [-0.1, -0.05) is 15.9 Å². The third kappa shape index (κ3) is 2.07. The van der Waals surface area contributed by atoms with Crippen LogP contribution in [0.5, 0.6) is 0 Å².